The van der Waals surface area contributed by atoms with Crippen molar-refractivity contribution in [1.82, 2.24) is 14.8 Å². The van der Waals surface area contributed by atoms with Crippen molar-refractivity contribution in [1.29, 1.82) is 0 Å². The number of hydrogen-bond acceptors (Lipinski definition) is 5. The van der Waals surface area contributed by atoms with E-state index >= 15 is 0 Å². The van der Waals surface area contributed by atoms with Gasteiger partial charge in [-0.25, -0.2) is 9.48 Å². The van der Waals surface area contributed by atoms with Gasteiger partial charge in [-0.05, 0) is 25.1 Å². The lowest BCUT2D eigenvalue weighted by atomic mass is 10.3. The van der Waals surface area contributed by atoms with Crippen molar-refractivity contribution in [2.45, 2.75) is 10.7 Å². The third-order valence-corrected chi connectivity index (χ3v) is 3.07. The second kappa shape index (κ2) is 6.91. The Balaban J connectivity index is 2.43. The molecule has 0 saturated carbocycles. The van der Waals surface area contributed by atoms with Crippen LogP contribution >= 0.6 is 46.4 Å². The Kier molecular flexibility index (Phi) is 5.39. The average molecular weight is 385 g/mol. The summed E-state index contributed by atoms with van der Waals surface area (Å²) in [5.74, 6) is -0.0564. The van der Waals surface area contributed by atoms with Crippen LogP contribution < -0.4 is 4.74 Å². The van der Waals surface area contributed by atoms with Crippen molar-refractivity contribution in [2.75, 3.05) is 6.61 Å². The van der Waals surface area contributed by atoms with Crippen LogP contribution in [0.4, 0.5) is 4.79 Å². The maximum Gasteiger partial charge on any atom is 0.516 e. The van der Waals surface area contributed by atoms with Gasteiger partial charge in [0.25, 0.3) is 0 Å². The molecular formula is C12H9Cl4N3O3. The summed E-state index contributed by atoms with van der Waals surface area (Å²) in [5, 5.41) is 4.44. The van der Waals surface area contributed by atoms with E-state index in [4.69, 9.17) is 51.1 Å². The summed E-state index contributed by atoms with van der Waals surface area (Å²) in [7, 11) is 0. The van der Waals surface area contributed by atoms with Gasteiger partial charge in [-0.1, -0.05) is 52.5 Å². The fourth-order valence-corrected chi connectivity index (χ4v) is 2.08. The largest absolute Gasteiger partial charge is 0.516 e. The van der Waals surface area contributed by atoms with Gasteiger partial charge < -0.3 is 9.47 Å². The minimum absolute atomic E-state index is 0.0564. The Labute approximate surface area is 145 Å². The van der Waals surface area contributed by atoms with E-state index in [-0.39, 0.29) is 18.4 Å². The van der Waals surface area contributed by atoms with Crippen LogP contribution in [0.25, 0.3) is 5.69 Å². The second-order valence-corrected chi connectivity index (χ2v) is 6.61. The number of nitrogens with zero attached hydrogens (tertiary/aromatic N) is 3. The van der Waals surface area contributed by atoms with E-state index in [0.717, 1.165) is 0 Å². The van der Waals surface area contributed by atoms with Crippen LogP contribution in [0.5, 0.6) is 6.01 Å². The maximum atomic E-state index is 11.3. The van der Waals surface area contributed by atoms with Crippen LogP contribution in [0.3, 0.4) is 0 Å². The van der Waals surface area contributed by atoms with Crippen molar-refractivity contribution >= 4 is 52.6 Å². The van der Waals surface area contributed by atoms with E-state index in [0.29, 0.717) is 10.7 Å². The van der Waals surface area contributed by atoms with Gasteiger partial charge >= 0.3 is 12.2 Å². The lowest BCUT2D eigenvalue weighted by Gasteiger charge is -2.11. The SMILES string of the molecule is CCOC(=O)Oc1nc(C(Cl)(Cl)Cl)n(-c2cccc(Cl)c2)n1. The third-order valence-electron chi connectivity index (χ3n) is 2.33. The van der Waals surface area contributed by atoms with Crippen LogP contribution in [-0.4, -0.2) is 27.5 Å². The molecule has 10 heteroatoms. The van der Waals surface area contributed by atoms with Gasteiger partial charge in [-0.15, -0.1) is 5.10 Å². The summed E-state index contributed by atoms with van der Waals surface area (Å²) in [6.45, 7) is 1.77. The molecule has 0 aliphatic carbocycles. The van der Waals surface area contributed by atoms with E-state index < -0.39 is 9.95 Å². The smallest absolute Gasteiger partial charge is 0.434 e. The molecule has 1 aromatic heterocycles. The highest BCUT2D eigenvalue weighted by atomic mass is 35.6. The molecule has 2 aromatic rings. The van der Waals surface area contributed by atoms with Gasteiger partial charge in [0.15, 0.2) is 5.82 Å². The second-order valence-electron chi connectivity index (χ2n) is 3.89. The molecule has 0 unspecified atom stereocenters. The fourth-order valence-electron chi connectivity index (χ4n) is 1.53. The summed E-state index contributed by atoms with van der Waals surface area (Å²) >= 11 is 23.5. The molecule has 22 heavy (non-hydrogen) atoms. The molecular weight excluding hydrogens is 376 g/mol. The van der Waals surface area contributed by atoms with Crippen LogP contribution in [-0.2, 0) is 8.53 Å². The molecule has 1 aromatic carbocycles. The molecule has 0 saturated heterocycles. The number of carbonyl (C=O) groups is 1. The quantitative estimate of drug-likeness (QED) is 0.583. The summed E-state index contributed by atoms with van der Waals surface area (Å²) in [6.07, 6.45) is -0.957. The van der Waals surface area contributed by atoms with Gasteiger partial charge in [0, 0.05) is 5.02 Å². The first-order chi connectivity index (χ1) is 10.3. The zero-order chi connectivity index (χ0) is 16.3. The molecule has 0 bridgehead atoms. The average Bonchev–Trinajstić information content (AvgIpc) is 2.83. The molecule has 118 valence electrons. The molecule has 0 aliphatic heterocycles. The first-order valence-electron chi connectivity index (χ1n) is 5.96. The van der Waals surface area contributed by atoms with E-state index in [1.165, 1.54) is 4.68 Å². The number of hydrogen-bond donors (Lipinski definition) is 0. The molecule has 0 fully saturated rings. The minimum Gasteiger partial charge on any atom is -0.434 e. The topological polar surface area (TPSA) is 66.2 Å². The summed E-state index contributed by atoms with van der Waals surface area (Å²) in [5.41, 5.74) is 0.486. The monoisotopic (exact) mass is 383 g/mol. The predicted molar refractivity (Wildman–Crippen MR) is 83.3 cm³/mol. The fraction of sp³-hybridized carbons (Fsp3) is 0.250. The van der Waals surface area contributed by atoms with E-state index in [1.54, 1.807) is 31.2 Å². The summed E-state index contributed by atoms with van der Waals surface area (Å²) in [4.78, 5) is 15.2. The Morgan fingerprint density at radius 2 is 2.09 bits per heavy atom. The number of benzene rings is 1. The van der Waals surface area contributed by atoms with Crippen molar-refractivity contribution in [3.8, 4) is 11.7 Å². The molecule has 2 rings (SSSR count). The molecule has 1 heterocycles. The van der Waals surface area contributed by atoms with Crippen LogP contribution in [0.15, 0.2) is 24.3 Å². The first kappa shape index (κ1) is 17.1. The number of ether oxygens (including phenoxy) is 2. The lowest BCUT2D eigenvalue weighted by molar-refractivity contribution is 0.101. The van der Waals surface area contributed by atoms with Crippen molar-refractivity contribution in [3.63, 3.8) is 0 Å². The predicted octanol–water partition coefficient (Wildman–Crippen LogP) is 4.28. The van der Waals surface area contributed by atoms with E-state index in [1.807, 2.05) is 0 Å². The third kappa shape index (κ3) is 4.16. The first-order valence-corrected chi connectivity index (χ1v) is 7.47. The highest BCUT2D eigenvalue weighted by molar-refractivity contribution is 6.66. The zero-order valence-corrected chi connectivity index (χ0v) is 14.1. The Morgan fingerprint density at radius 1 is 1.36 bits per heavy atom. The van der Waals surface area contributed by atoms with Gasteiger partial charge in [0.05, 0.1) is 12.3 Å². The summed E-state index contributed by atoms with van der Waals surface area (Å²) < 4.78 is 8.78. The van der Waals surface area contributed by atoms with E-state index in [9.17, 15) is 4.79 Å². The summed E-state index contributed by atoms with van der Waals surface area (Å²) in [6, 6.07) is 6.32. The maximum absolute atomic E-state index is 11.3. The zero-order valence-electron chi connectivity index (χ0n) is 11.1. The number of carbonyl (C=O) groups excluding carboxylic acids is 1. The van der Waals surface area contributed by atoms with E-state index in [2.05, 4.69) is 14.8 Å². The van der Waals surface area contributed by atoms with Gasteiger partial charge in [0.1, 0.15) is 0 Å². The Bertz CT molecular complexity index is 684. The van der Waals surface area contributed by atoms with Crippen molar-refractivity contribution in [3.05, 3.63) is 35.1 Å². The molecule has 0 spiro atoms. The molecule has 0 atom stereocenters. The number of halogens is 4. The normalized spacial score (nSPS) is 11.3. The number of aromatic nitrogens is 3. The van der Waals surface area contributed by atoms with Gasteiger partial charge in [-0.3, -0.25) is 0 Å². The molecule has 0 radical (unpaired) electrons. The number of rotatable bonds is 3. The van der Waals surface area contributed by atoms with Gasteiger partial charge in [-0.2, -0.15) is 4.98 Å². The molecule has 6 nitrogen and oxygen atoms in total. The van der Waals surface area contributed by atoms with Crippen molar-refractivity contribution < 1.29 is 14.3 Å². The Morgan fingerprint density at radius 3 is 2.68 bits per heavy atom. The molecule has 0 amide bonds. The highest BCUT2D eigenvalue weighted by Crippen LogP contribution is 2.38. The van der Waals surface area contributed by atoms with Crippen LogP contribution in [0.1, 0.15) is 12.7 Å². The molecule has 0 N–H and O–H groups in total. The van der Waals surface area contributed by atoms with Gasteiger partial charge in [0.2, 0.25) is 3.79 Å². The minimum atomic E-state index is -1.88. The highest BCUT2D eigenvalue weighted by Gasteiger charge is 2.32. The van der Waals surface area contributed by atoms with Crippen LogP contribution in [0, 0.1) is 0 Å². The lowest BCUT2D eigenvalue weighted by Crippen LogP contribution is -2.11. The molecule has 0 aliphatic rings. The Hall–Kier alpha value is -1.21. The van der Waals surface area contributed by atoms with Crippen LogP contribution in [0.2, 0.25) is 5.02 Å². The standard InChI is InChI=1S/C12H9Cl4N3O3/c1-2-21-11(20)22-10-17-9(12(14,15)16)19(18-10)8-5-3-4-7(13)6-8/h3-6H,2H2,1H3. The number of alkyl halides is 3. The van der Waals surface area contributed by atoms with Crippen molar-refractivity contribution in [2.24, 2.45) is 0 Å².